The zero-order chi connectivity index (χ0) is 24.3. The topological polar surface area (TPSA) is 101 Å². The van der Waals surface area contributed by atoms with E-state index in [1.807, 2.05) is 43.3 Å². The monoisotopic (exact) mass is 469 g/mol. The number of hydrogen-bond donors (Lipinski definition) is 1. The molecule has 0 saturated carbocycles. The van der Waals surface area contributed by atoms with Gasteiger partial charge in [0.05, 0.1) is 32.4 Å². The number of rotatable bonds is 13. The predicted molar refractivity (Wildman–Crippen MR) is 129 cm³/mol. The number of ether oxygens (including phenoxy) is 5. The van der Waals surface area contributed by atoms with E-state index in [9.17, 15) is 4.79 Å². The van der Waals surface area contributed by atoms with Gasteiger partial charge in [-0.1, -0.05) is 12.1 Å². The molecular weight excluding hydrogens is 438 g/mol. The van der Waals surface area contributed by atoms with Crippen LogP contribution in [0.1, 0.15) is 31.2 Å². The van der Waals surface area contributed by atoms with Crippen molar-refractivity contribution < 1.29 is 28.5 Å². The normalized spacial score (nSPS) is 10.8. The van der Waals surface area contributed by atoms with Gasteiger partial charge in [-0.25, -0.2) is 9.97 Å². The van der Waals surface area contributed by atoms with Gasteiger partial charge in [-0.15, -0.1) is 0 Å². The van der Waals surface area contributed by atoms with Crippen molar-refractivity contribution >= 4 is 28.4 Å². The first kappa shape index (κ1) is 25.2. The third-order valence-electron chi connectivity index (χ3n) is 4.89. The fraction of sp³-hybridized carbons (Fsp3) is 0.400. The first-order valence-electron chi connectivity index (χ1n) is 11.1. The molecule has 0 aliphatic heterocycles. The summed E-state index contributed by atoms with van der Waals surface area (Å²) in [5, 5.41) is 4.26. The highest BCUT2D eigenvalue weighted by atomic mass is 16.7. The van der Waals surface area contributed by atoms with Crippen LogP contribution in [0, 0.1) is 6.92 Å². The van der Waals surface area contributed by atoms with E-state index in [4.69, 9.17) is 23.7 Å². The molecule has 1 heterocycles. The van der Waals surface area contributed by atoms with Crippen LogP contribution in [0.5, 0.6) is 11.5 Å². The zero-order valence-electron chi connectivity index (χ0n) is 20.1. The fourth-order valence-electron chi connectivity index (χ4n) is 3.45. The molecule has 0 aliphatic rings. The molecule has 2 aromatic carbocycles. The molecule has 9 nitrogen and oxygen atoms in total. The summed E-state index contributed by atoms with van der Waals surface area (Å²) >= 11 is 0. The number of nitrogens with zero attached hydrogens (tertiary/aromatic N) is 2. The molecule has 3 aromatic rings. The minimum atomic E-state index is -0.232. The Bertz CT molecular complexity index is 1110. The zero-order valence-corrected chi connectivity index (χ0v) is 20.1. The maximum absolute atomic E-state index is 11.5. The molecular formula is C25H31N3O6. The van der Waals surface area contributed by atoms with Crippen molar-refractivity contribution in [3.8, 4) is 11.5 Å². The quantitative estimate of drug-likeness (QED) is 0.220. The molecule has 9 heteroatoms. The SMILES string of the molecule is CCOC(=O)CCCOc1cc(Nc2nc(C)nc3cccc(COCOC)c23)ccc1OC. The van der Waals surface area contributed by atoms with Gasteiger partial charge in [-0.2, -0.15) is 0 Å². The molecule has 0 amide bonds. The van der Waals surface area contributed by atoms with Gasteiger partial charge in [0.15, 0.2) is 11.5 Å². The van der Waals surface area contributed by atoms with Crippen molar-refractivity contribution in [1.82, 2.24) is 9.97 Å². The third kappa shape index (κ3) is 6.79. The Labute approximate surface area is 199 Å². The molecule has 3 rings (SSSR count). The third-order valence-corrected chi connectivity index (χ3v) is 4.89. The summed E-state index contributed by atoms with van der Waals surface area (Å²) in [6.45, 7) is 4.93. The van der Waals surface area contributed by atoms with Crippen molar-refractivity contribution in [1.29, 1.82) is 0 Å². The van der Waals surface area contributed by atoms with Crippen LogP contribution in [0.2, 0.25) is 0 Å². The Morgan fingerprint density at radius 1 is 1.09 bits per heavy atom. The van der Waals surface area contributed by atoms with Crippen LogP contribution in [0.25, 0.3) is 10.9 Å². The van der Waals surface area contributed by atoms with Gasteiger partial charge in [-0.05, 0) is 44.0 Å². The number of anilines is 2. The Kier molecular flexibility index (Phi) is 9.42. The van der Waals surface area contributed by atoms with Gasteiger partial charge in [0.25, 0.3) is 0 Å². The summed E-state index contributed by atoms with van der Waals surface area (Å²) < 4.78 is 26.9. The number of hydrogen-bond acceptors (Lipinski definition) is 9. The van der Waals surface area contributed by atoms with Crippen LogP contribution in [0.15, 0.2) is 36.4 Å². The van der Waals surface area contributed by atoms with E-state index in [1.165, 1.54) is 0 Å². The van der Waals surface area contributed by atoms with Gasteiger partial charge in [0.1, 0.15) is 18.4 Å². The molecule has 34 heavy (non-hydrogen) atoms. The number of carbonyl (C=O) groups is 1. The molecule has 0 atom stereocenters. The van der Waals surface area contributed by atoms with Crippen molar-refractivity contribution in [2.45, 2.75) is 33.3 Å². The van der Waals surface area contributed by atoms with E-state index in [2.05, 4.69) is 15.3 Å². The second-order valence-corrected chi connectivity index (χ2v) is 7.43. The smallest absolute Gasteiger partial charge is 0.305 e. The van der Waals surface area contributed by atoms with Crippen LogP contribution >= 0.6 is 0 Å². The van der Waals surface area contributed by atoms with Crippen LogP contribution in [-0.2, 0) is 25.6 Å². The number of aromatic nitrogens is 2. The van der Waals surface area contributed by atoms with Crippen molar-refractivity contribution in [2.24, 2.45) is 0 Å². The van der Waals surface area contributed by atoms with E-state index >= 15 is 0 Å². The largest absolute Gasteiger partial charge is 0.493 e. The highest BCUT2D eigenvalue weighted by Gasteiger charge is 2.13. The summed E-state index contributed by atoms with van der Waals surface area (Å²) in [4.78, 5) is 20.7. The van der Waals surface area contributed by atoms with Crippen LogP contribution in [0.4, 0.5) is 11.5 Å². The number of carbonyl (C=O) groups excluding carboxylic acids is 1. The fourth-order valence-corrected chi connectivity index (χ4v) is 3.45. The molecule has 0 unspecified atom stereocenters. The molecule has 1 aromatic heterocycles. The van der Waals surface area contributed by atoms with E-state index in [0.29, 0.717) is 55.8 Å². The maximum Gasteiger partial charge on any atom is 0.305 e. The minimum absolute atomic E-state index is 0.196. The molecule has 0 radical (unpaired) electrons. The lowest BCUT2D eigenvalue weighted by molar-refractivity contribution is -0.143. The van der Waals surface area contributed by atoms with E-state index in [0.717, 1.165) is 22.2 Å². The summed E-state index contributed by atoms with van der Waals surface area (Å²) in [6, 6.07) is 11.4. The van der Waals surface area contributed by atoms with Gasteiger partial charge in [0.2, 0.25) is 0 Å². The number of nitrogens with one attached hydrogen (secondary N) is 1. The summed E-state index contributed by atoms with van der Waals surface area (Å²) in [6.07, 6.45) is 0.842. The molecule has 0 bridgehead atoms. The summed E-state index contributed by atoms with van der Waals surface area (Å²) in [5.74, 6) is 2.24. The second-order valence-electron chi connectivity index (χ2n) is 7.43. The van der Waals surface area contributed by atoms with E-state index in [1.54, 1.807) is 21.1 Å². The predicted octanol–water partition coefficient (Wildman–Crippen LogP) is 4.53. The molecule has 0 spiro atoms. The van der Waals surface area contributed by atoms with Gasteiger partial charge in [-0.3, -0.25) is 4.79 Å². The van der Waals surface area contributed by atoms with Gasteiger partial charge >= 0.3 is 5.97 Å². The summed E-state index contributed by atoms with van der Waals surface area (Å²) in [5.41, 5.74) is 2.53. The first-order chi connectivity index (χ1) is 16.5. The van der Waals surface area contributed by atoms with Crippen LogP contribution < -0.4 is 14.8 Å². The molecule has 0 fully saturated rings. The number of aryl methyl sites for hydroxylation is 1. The highest BCUT2D eigenvalue weighted by Crippen LogP contribution is 2.33. The standard InChI is InChI=1S/C25H31N3O6/c1-5-33-23(29)10-7-13-34-22-14-19(11-12-21(22)31-4)28-25-24-18(15-32-16-30-3)8-6-9-20(24)26-17(2)27-25/h6,8-9,11-12,14H,5,7,10,13,15-16H2,1-4H3,(H,26,27,28). The van der Waals surface area contributed by atoms with Crippen LogP contribution in [0.3, 0.4) is 0 Å². The second kappa shape index (κ2) is 12.7. The first-order valence-corrected chi connectivity index (χ1v) is 11.1. The van der Waals surface area contributed by atoms with Crippen molar-refractivity contribution in [3.63, 3.8) is 0 Å². The molecule has 0 saturated heterocycles. The van der Waals surface area contributed by atoms with E-state index in [-0.39, 0.29) is 12.8 Å². The minimum Gasteiger partial charge on any atom is -0.493 e. The molecule has 0 aliphatic carbocycles. The molecule has 1 N–H and O–H groups in total. The lowest BCUT2D eigenvalue weighted by Crippen LogP contribution is -2.07. The van der Waals surface area contributed by atoms with Gasteiger partial charge in [0, 0.05) is 30.7 Å². The maximum atomic E-state index is 11.5. The number of fused-ring (bicyclic) bond motifs is 1. The van der Waals surface area contributed by atoms with Crippen molar-refractivity contribution in [3.05, 3.63) is 47.8 Å². The lowest BCUT2D eigenvalue weighted by Gasteiger charge is -2.15. The van der Waals surface area contributed by atoms with Gasteiger partial charge < -0.3 is 29.0 Å². The highest BCUT2D eigenvalue weighted by molar-refractivity contribution is 5.93. The van der Waals surface area contributed by atoms with Crippen LogP contribution in [-0.4, -0.2) is 50.2 Å². The number of methoxy groups -OCH3 is 2. The number of benzene rings is 2. The summed E-state index contributed by atoms with van der Waals surface area (Å²) in [7, 11) is 3.17. The Balaban J connectivity index is 1.82. The average molecular weight is 470 g/mol. The Morgan fingerprint density at radius 3 is 2.71 bits per heavy atom. The lowest BCUT2D eigenvalue weighted by atomic mass is 10.1. The Hall–Kier alpha value is -3.43. The van der Waals surface area contributed by atoms with Crippen molar-refractivity contribution in [2.75, 3.05) is 39.5 Å². The number of esters is 1. The average Bonchev–Trinajstić information content (AvgIpc) is 2.82. The van der Waals surface area contributed by atoms with E-state index < -0.39 is 0 Å². The Morgan fingerprint density at radius 2 is 1.94 bits per heavy atom. The molecule has 182 valence electrons.